The normalized spacial score (nSPS) is 14.2. The van der Waals surface area contributed by atoms with Gasteiger partial charge in [-0.15, -0.1) is 0 Å². The average molecular weight is 915 g/mol. The number of ether oxygens (including phenoxy) is 1. The Kier molecular flexibility index (Phi) is 18.1. The van der Waals surface area contributed by atoms with E-state index in [9.17, 15) is 0 Å². The van der Waals surface area contributed by atoms with Crippen LogP contribution < -0.4 is 18.1 Å². The summed E-state index contributed by atoms with van der Waals surface area (Å²) in [6.45, 7) is 34.7. The lowest BCUT2D eigenvalue weighted by Crippen LogP contribution is -2.08. The van der Waals surface area contributed by atoms with E-state index in [0.717, 1.165) is 78.8 Å². The molecule has 65 heavy (non-hydrogen) atoms. The fraction of sp³-hybridized carbons (Fsp3) is 0.368. The Morgan fingerprint density at radius 2 is 1.11 bits per heavy atom. The van der Waals surface area contributed by atoms with E-state index in [1.165, 1.54) is 39.0 Å². The summed E-state index contributed by atoms with van der Waals surface area (Å²) in [6, 6.07) is 23.4. The number of rotatable bonds is 15. The first kappa shape index (κ1) is 51.1. The first-order valence-electron chi connectivity index (χ1n) is 22.8. The van der Waals surface area contributed by atoms with Crippen LogP contribution >= 0.6 is 17.6 Å². The number of methoxy groups -OCH3 is 1. The second kappa shape index (κ2) is 23.0. The Hall–Kier alpha value is -4.86. The van der Waals surface area contributed by atoms with Crippen molar-refractivity contribution in [1.82, 2.24) is 0 Å². The van der Waals surface area contributed by atoms with Gasteiger partial charge in [-0.2, -0.15) is 0 Å². The maximum Gasteiger partial charge on any atom is 0.463 e. The van der Waals surface area contributed by atoms with Gasteiger partial charge < -0.3 is 22.8 Å². The highest BCUT2D eigenvalue weighted by Gasteiger charge is 2.30. The average Bonchev–Trinajstić information content (AvgIpc) is 3.40. The largest absolute Gasteiger partial charge is 0.497 e. The van der Waals surface area contributed by atoms with E-state index in [2.05, 4.69) is 178 Å². The van der Waals surface area contributed by atoms with Crippen LogP contribution in [0.25, 0.3) is 11.1 Å². The molecule has 0 heterocycles. The van der Waals surface area contributed by atoms with Gasteiger partial charge in [0.25, 0.3) is 9.03 Å². The Bertz CT molecular complexity index is 2560. The van der Waals surface area contributed by atoms with E-state index in [4.69, 9.17) is 27.4 Å². The highest BCUT2D eigenvalue weighted by atomic mass is 31.2. The monoisotopic (exact) mass is 914 g/mol. The van der Waals surface area contributed by atoms with Gasteiger partial charge in [0.05, 0.1) is 13.7 Å². The number of hydrogen-bond acceptors (Lipinski definition) is 6. The SMILES string of the molecule is COC1=CC=CC(C)C=C1C.Cc1ccc(COP(Oc2ccc(C)cc2C)Oc2c(C(C)C)cc(C)c(C)c2-c2c(C)c(C)cc(C(C)C)c2OPOc2ccc(C)cc2C)c(C)c1. The summed E-state index contributed by atoms with van der Waals surface area (Å²) >= 11 is 0. The molecule has 0 amide bonds. The van der Waals surface area contributed by atoms with Gasteiger partial charge in [0.15, 0.2) is 0 Å². The van der Waals surface area contributed by atoms with Crippen molar-refractivity contribution < 1.29 is 27.4 Å². The van der Waals surface area contributed by atoms with Crippen LogP contribution in [0, 0.1) is 75.2 Å². The topological polar surface area (TPSA) is 55.4 Å². The van der Waals surface area contributed by atoms with Crippen molar-refractivity contribution in [2.24, 2.45) is 5.92 Å². The molecule has 0 N–H and O–H groups in total. The summed E-state index contributed by atoms with van der Waals surface area (Å²) in [7, 11) is -0.452. The van der Waals surface area contributed by atoms with Gasteiger partial charge in [-0.25, -0.2) is 0 Å². The minimum atomic E-state index is -1.91. The highest BCUT2D eigenvalue weighted by molar-refractivity contribution is 7.42. The number of allylic oxidation sites excluding steroid dienone is 5. The molecule has 0 fully saturated rings. The molecule has 6 rings (SSSR count). The molecule has 0 bridgehead atoms. The maximum atomic E-state index is 7.19. The van der Waals surface area contributed by atoms with Crippen LogP contribution in [-0.4, -0.2) is 7.11 Å². The fourth-order valence-corrected chi connectivity index (χ4v) is 9.76. The van der Waals surface area contributed by atoms with Crippen LogP contribution in [0.1, 0.15) is 126 Å². The second-order valence-corrected chi connectivity index (χ2v) is 19.9. The third-order valence-corrected chi connectivity index (χ3v) is 13.7. The Morgan fingerprint density at radius 3 is 1.65 bits per heavy atom. The fourth-order valence-electron chi connectivity index (χ4n) is 8.00. The molecule has 0 saturated heterocycles. The molecule has 0 aliphatic heterocycles. The minimum absolute atomic E-state index is 0.157. The number of aryl methyl sites for hydroxylation is 8. The minimum Gasteiger partial charge on any atom is -0.497 e. The van der Waals surface area contributed by atoms with E-state index in [1.54, 1.807) is 7.11 Å². The van der Waals surface area contributed by atoms with Gasteiger partial charge in [-0.3, -0.25) is 4.52 Å². The van der Waals surface area contributed by atoms with Crippen molar-refractivity contribution in [2.45, 2.75) is 129 Å². The van der Waals surface area contributed by atoms with E-state index in [-0.39, 0.29) is 20.9 Å². The summed E-state index contributed by atoms with van der Waals surface area (Å²) in [5.41, 5.74) is 18.1. The van der Waals surface area contributed by atoms with Gasteiger partial charge >= 0.3 is 8.60 Å². The molecule has 6 nitrogen and oxygen atoms in total. The van der Waals surface area contributed by atoms with Crippen molar-refractivity contribution >= 4 is 17.6 Å². The molecule has 0 saturated carbocycles. The first-order valence-corrected chi connectivity index (χ1v) is 24.7. The van der Waals surface area contributed by atoms with Crippen molar-refractivity contribution in [1.29, 1.82) is 0 Å². The van der Waals surface area contributed by atoms with Crippen LogP contribution in [0.2, 0.25) is 0 Å². The van der Waals surface area contributed by atoms with Crippen LogP contribution in [0.5, 0.6) is 23.0 Å². The van der Waals surface area contributed by atoms with E-state index < -0.39 is 8.60 Å². The molecule has 3 atom stereocenters. The molecule has 0 radical (unpaired) electrons. The summed E-state index contributed by atoms with van der Waals surface area (Å²) in [6.07, 6.45) is 8.38. The van der Waals surface area contributed by atoms with Gasteiger partial charge in [0.2, 0.25) is 0 Å². The summed E-state index contributed by atoms with van der Waals surface area (Å²) in [5, 5.41) is 0. The Balaban J connectivity index is 0.000000630. The zero-order valence-electron chi connectivity index (χ0n) is 42.0. The third-order valence-electron chi connectivity index (χ3n) is 12.1. The number of hydrogen-bond donors (Lipinski definition) is 0. The Morgan fingerprint density at radius 1 is 0.585 bits per heavy atom. The van der Waals surface area contributed by atoms with Gasteiger partial charge in [0, 0.05) is 11.1 Å². The molecular weight excluding hydrogens is 843 g/mol. The van der Waals surface area contributed by atoms with E-state index in [0.29, 0.717) is 12.5 Å². The van der Waals surface area contributed by atoms with Crippen LogP contribution in [0.15, 0.2) is 102 Å². The molecule has 5 aromatic carbocycles. The molecule has 1 aliphatic carbocycles. The van der Waals surface area contributed by atoms with Crippen LogP contribution in [0.3, 0.4) is 0 Å². The maximum absolute atomic E-state index is 7.19. The first-order chi connectivity index (χ1) is 30.8. The zero-order chi connectivity index (χ0) is 47.7. The van der Waals surface area contributed by atoms with Gasteiger partial charge in [-0.1, -0.05) is 124 Å². The second-order valence-electron chi connectivity index (χ2n) is 18.3. The van der Waals surface area contributed by atoms with Crippen molar-refractivity contribution in [3.63, 3.8) is 0 Å². The quantitative estimate of drug-likeness (QED) is 0.0976. The predicted octanol–water partition coefficient (Wildman–Crippen LogP) is 17.2. The van der Waals surface area contributed by atoms with Crippen molar-refractivity contribution in [3.05, 3.63) is 175 Å². The predicted molar refractivity (Wildman–Crippen MR) is 276 cm³/mol. The summed E-state index contributed by atoms with van der Waals surface area (Å²) in [4.78, 5) is 0. The molecule has 1 aliphatic rings. The molecule has 0 aromatic heterocycles. The molecular formula is C57H72O6P2. The van der Waals surface area contributed by atoms with Crippen LogP contribution in [-0.2, 0) is 15.9 Å². The van der Waals surface area contributed by atoms with Crippen LogP contribution in [0.4, 0.5) is 0 Å². The zero-order valence-corrected chi connectivity index (χ0v) is 43.9. The van der Waals surface area contributed by atoms with Crippen molar-refractivity contribution in [2.75, 3.05) is 7.11 Å². The molecule has 0 spiro atoms. The lowest BCUT2D eigenvalue weighted by Gasteiger charge is -2.28. The highest BCUT2D eigenvalue weighted by Crippen LogP contribution is 2.54. The molecule has 5 aromatic rings. The standard InChI is InChI=1S/C47H58O5P2.C10H14O/c1-27(2)40-24-32(8)37(13)44(46(40)50-53-49-42-19-16-30(6)22-35(42)11)45-38(14)33(9)25-41(28(3)4)47(45)52-54(51-43-20-17-31(7)23-36(43)12)48-26-39-18-15-29(5)21-34(39)10;1-8-5-4-6-10(11-3)9(2)7-8/h15-25,27-28,53H,26H2,1-14H3;4-8H,1-3H3. The molecule has 3 unspecified atom stereocenters. The molecule has 346 valence electrons. The van der Waals surface area contributed by atoms with Gasteiger partial charge in [-0.05, 0) is 173 Å². The lowest BCUT2D eigenvalue weighted by molar-refractivity contribution is 0.255. The Labute approximate surface area is 394 Å². The van der Waals surface area contributed by atoms with Gasteiger partial charge in [0.1, 0.15) is 28.8 Å². The van der Waals surface area contributed by atoms with E-state index >= 15 is 0 Å². The molecule has 8 heteroatoms. The summed E-state index contributed by atoms with van der Waals surface area (Å²) < 4.78 is 38.9. The summed E-state index contributed by atoms with van der Waals surface area (Å²) in [5.74, 6) is 4.98. The number of benzene rings is 5. The lowest BCUT2D eigenvalue weighted by atomic mass is 9.84. The van der Waals surface area contributed by atoms with E-state index in [1.807, 2.05) is 24.3 Å². The smallest absolute Gasteiger partial charge is 0.463 e. The third kappa shape index (κ3) is 13.2. The van der Waals surface area contributed by atoms with Crippen molar-refractivity contribution in [3.8, 4) is 34.1 Å².